The molecule has 150 valence electrons. The number of thiocarbonyl (C=S) groups is 1. The fourth-order valence-corrected chi connectivity index (χ4v) is 4.42. The molecule has 1 atom stereocenters. The van der Waals surface area contributed by atoms with E-state index >= 15 is 0 Å². The van der Waals surface area contributed by atoms with Crippen molar-refractivity contribution in [3.8, 4) is 5.75 Å². The third-order valence-corrected chi connectivity index (χ3v) is 6.04. The van der Waals surface area contributed by atoms with Gasteiger partial charge in [-0.05, 0) is 66.5 Å². The lowest BCUT2D eigenvalue weighted by atomic mass is 10.00. The Kier molecular flexibility index (Phi) is 5.58. The minimum Gasteiger partial charge on any atom is -0.497 e. The highest BCUT2D eigenvalue weighted by molar-refractivity contribution is 7.80. The first-order valence-corrected chi connectivity index (χ1v) is 10.5. The normalized spacial score (nSPS) is 15.7. The lowest BCUT2D eigenvalue weighted by Gasteiger charge is -2.39. The van der Waals surface area contributed by atoms with Crippen LogP contribution in [0.1, 0.15) is 35.3 Å². The quantitative estimate of drug-likeness (QED) is 0.607. The van der Waals surface area contributed by atoms with Crippen molar-refractivity contribution in [1.29, 1.82) is 0 Å². The number of nitrogens with one attached hydrogen (secondary N) is 1. The molecule has 4 nitrogen and oxygen atoms in total. The summed E-state index contributed by atoms with van der Waals surface area (Å²) in [6.45, 7) is 6.09. The highest BCUT2D eigenvalue weighted by Crippen LogP contribution is 2.34. The van der Waals surface area contributed by atoms with E-state index < -0.39 is 0 Å². The Hall–Kier alpha value is -2.79. The van der Waals surface area contributed by atoms with Gasteiger partial charge in [-0.15, -0.1) is 0 Å². The summed E-state index contributed by atoms with van der Waals surface area (Å²) in [5, 5.41) is 4.33. The number of para-hydroxylation sites is 1. The van der Waals surface area contributed by atoms with E-state index in [1.165, 1.54) is 22.4 Å². The highest BCUT2D eigenvalue weighted by Gasteiger charge is 2.30. The molecular formula is C24H27N3OS. The number of aromatic nitrogens is 1. The summed E-state index contributed by atoms with van der Waals surface area (Å²) in [5.41, 5.74) is 6.09. The minimum absolute atomic E-state index is 0.0683. The van der Waals surface area contributed by atoms with Gasteiger partial charge in [0.1, 0.15) is 5.75 Å². The van der Waals surface area contributed by atoms with Crippen LogP contribution in [0.3, 0.4) is 0 Å². The molecule has 3 aromatic rings. The molecule has 1 aliphatic rings. The van der Waals surface area contributed by atoms with Crippen molar-refractivity contribution < 1.29 is 4.74 Å². The van der Waals surface area contributed by atoms with Gasteiger partial charge in [-0.1, -0.05) is 37.3 Å². The molecule has 0 amide bonds. The van der Waals surface area contributed by atoms with E-state index in [1.54, 1.807) is 7.11 Å². The Morgan fingerprint density at radius 1 is 1.10 bits per heavy atom. The van der Waals surface area contributed by atoms with Gasteiger partial charge in [0.2, 0.25) is 0 Å². The Labute approximate surface area is 178 Å². The van der Waals surface area contributed by atoms with Crippen LogP contribution in [0.4, 0.5) is 5.69 Å². The predicted molar refractivity (Wildman–Crippen MR) is 123 cm³/mol. The lowest BCUT2D eigenvalue weighted by molar-refractivity contribution is 0.293. The SMILES string of the molecule is CCc1cccc(C)c1NC(=S)N1CCn2cccc2[C@@H]1c1ccc(OC)cc1. The monoisotopic (exact) mass is 405 g/mol. The number of benzene rings is 2. The Morgan fingerprint density at radius 2 is 1.90 bits per heavy atom. The molecule has 1 aromatic heterocycles. The maximum absolute atomic E-state index is 5.93. The number of methoxy groups -OCH3 is 1. The first kappa shape index (κ1) is 19.5. The Bertz CT molecular complexity index is 1010. The van der Waals surface area contributed by atoms with Gasteiger partial charge in [0.05, 0.1) is 13.2 Å². The molecule has 0 spiro atoms. The van der Waals surface area contributed by atoms with Gasteiger partial charge in [0, 0.05) is 30.7 Å². The minimum atomic E-state index is 0.0683. The summed E-state index contributed by atoms with van der Waals surface area (Å²) in [5.74, 6) is 0.861. The van der Waals surface area contributed by atoms with E-state index in [2.05, 4.69) is 77.3 Å². The van der Waals surface area contributed by atoms with Crippen LogP contribution in [-0.4, -0.2) is 28.2 Å². The second-order valence-corrected chi connectivity index (χ2v) is 7.77. The lowest BCUT2D eigenvalue weighted by Crippen LogP contribution is -2.44. The van der Waals surface area contributed by atoms with Gasteiger partial charge in [-0.25, -0.2) is 0 Å². The molecule has 0 aliphatic carbocycles. The Balaban J connectivity index is 1.69. The topological polar surface area (TPSA) is 29.4 Å². The summed E-state index contributed by atoms with van der Waals surface area (Å²) >= 11 is 5.93. The van der Waals surface area contributed by atoms with E-state index in [-0.39, 0.29) is 6.04 Å². The van der Waals surface area contributed by atoms with Crippen LogP contribution in [0.2, 0.25) is 0 Å². The molecule has 0 saturated carbocycles. The van der Waals surface area contributed by atoms with Gasteiger partial charge in [0.25, 0.3) is 0 Å². The fourth-order valence-electron chi connectivity index (χ4n) is 4.12. The van der Waals surface area contributed by atoms with Crippen LogP contribution >= 0.6 is 12.2 Å². The molecule has 4 rings (SSSR count). The van der Waals surface area contributed by atoms with Crippen LogP contribution in [0.25, 0.3) is 0 Å². The second kappa shape index (κ2) is 8.29. The van der Waals surface area contributed by atoms with Crippen molar-refractivity contribution >= 4 is 23.0 Å². The first-order chi connectivity index (χ1) is 14.1. The van der Waals surface area contributed by atoms with Crippen molar-refractivity contribution in [2.45, 2.75) is 32.9 Å². The largest absolute Gasteiger partial charge is 0.497 e. The fraction of sp³-hybridized carbons (Fsp3) is 0.292. The first-order valence-electron chi connectivity index (χ1n) is 10.1. The highest BCUT2D eigenvalue weighted by atomic mass is 32.1. The van der Waals surface area contributed by atoms with Crippen molar-refractivity contribution in [3.63, 3.8) is 0 Å². The van der Waals surface area contributed by atoms with Gasteiger partial charge in [0.15, 0.2) is 5.11 Å². The van der Waals surface area contributed by atoms with E-state index in [0.717, 1.165) is 36.1 Å². The smallest absolute Gasteiger partial charge is 0.174 e. The van der Waals surface area contributed by atoms with Crippen molar-refractivity contribution in [3.05, 3.63) is 83.2 Å². The molecule has 2 heterocycles. The average Bonchev–Trinajstić information content (AvgIpc) is 3.23. The van der Waals surface area contributed by atoms with E-state index in [0.29, 0.717) is 0 Å². The Morgan fingerprint density at radius 3 is 2.62 bits per heavy atom. The molecule has 0 radical (unpaired) electrons. The van der Waals surface area contributed by atoms with Gasteiger partial charge < -0.3 is 19.5 Å². The number of ether oxygens (including phenoxy) is 1. The number of fused-ring (bicyclic) bond motifs is 1. The number of anilines is 1. The number of nitrogens with zero attached hydrogens (tertiary/aromatic N) is 2. The van der Waals surface area contributed by atoms with Crippen LogP contribution in [0.15, 0.2) is 60.8 Å². The van der Waals surface area contributed by atoms with Crippen LogP contribution in [-0.2, 0) is 13.0 Å². The molecular weight excluding hydrogens is 378 g/mol. The van der Waals surface area contributed by atoms with Crippen LogP contribution in [0.5, 0.6) is 5.75 Å². The molecule has 5 heteroatoms. The maximum atomic E-state index is 5.93. The molecule has 0 fully saturated rings. The van der Waals surface area contributed by atoms with Crippen molar-refractivity contribution in [1.82, 2.24) is 9.47 Å². The maximum Gasteiger partial charge on any atom is 0.174 e. The van der Waals surface area contributed by atoms with Crippen LogP contribution in [0, 0.1) is 6.92 Å². The molecule has 0 unspecified atom stereocenters. The zero-order valence-corrected chi connectivity index (χ0v) is 18.0. The third-order valence-electron chi connectivity index (χ3n) is 5.70. The van der Waals surface area contributed by atoms with Gasteiger partial charge >= 0.3 is 0 Å². The molecule has 29 heavy (non-hydrogen) atoms. The summed E-state index contributed by atoms with van der Waals surface area (Å²) in [6.07, 6.45) is 3.12. The molecule has 0 saturated heterocycles. The average molecular weight is 406 g/mol. The van der Waals surface area contributed by atoms with Gasteiger partial charge in [-0.2, -0.15) is 0 Å². The molecule has 0 bridgehead atoms. The predicted octanol–water partition coefficient (Wildman–Crippen LogP) is 5.17. The third kappa shape index (κ3) is 3.75. The summed E-state index contributed by atoms with van der Waals surface area (Å²) < 4.78 is 7.66. The number of hydrogen-bond donors (Lipinski definition) is 1. The van der Waals surface area contributed by atoms with Crippen molar-refractivity contribution in [2.75, 3.05) is 19.0 Å². The van der Waals surface area contributed by atoms with E-state index in [9.17, 15) is 0 Å². The number of rotatable bonds is 4. The molecule has 2 aromatic carbocycles. The van der Waals surface area contributed by atoms with E-state index in [4.69, 9.17) is 17.0 Å². The second-order valence-electron chi connectivity index (χ2n) is 7.39. The summed E-state index contributed by atoms with van der Waals surface area (Å²) in [6, 6.07) is 19.1. The zero-order chi connectivity index (χ0) is 20.4. The number of aryl methyl sites for hydroxylation is 2. The molecule has 1 N–H and O–H groups in total. The van der Waals surface area contributed by atoms with E-state index in [1.807, 2.05) is 12.1 Å². The standard InChI is InChI=1S/C24H27N3OS/c1-4-18-8-5-7-17(2)22(18)25-24(29)27-16-15-26-14-6-9-21(26)23(27)19-10-12-20(28-3)13-11-19/h5-14,23H,4,15-16H2,1-3H3,(H,25,29)/t23-/m0/s1. The molecule has 1 aliphatic heterocycles. The summed E-state index contributed by atoms with van der Waals surface area (Å²) in [7, 11) is 1.69. The summed E-state index contributed by atoms with van der Waals surface area (Å²) in [4.78, 5) is 2.30. The number of hydrogen-bond acceptors (Lipinski definition) is 2. The van der Waals surface area contributed by atoms with Crippen LogP contribution < -0.4 is 10.1 Å². The zero-order valence-electron chi connectivity index (χ0n) is 17.2. The van der Waals surface area contributed by atoms with Crippen molar-refractivity contribution in [2.24, 2.45) is 0 Å². The van der Waals surface area contributed by atoms with Gasteiger partial charge in [-0.3, -0.25) is 0 Å².